The van der Waals surface area contributed by atoms with Gasteiger partial charge in [-0.05, 0) is 24.6 Å². The highest BCUT2D eigenvalue weighted by atomic mass is 32.2. The van der Waals surface area contributed by atoms with Crippen LogP contribution in [0.3, 0.4) is 0 Å². The maximum atomic E-state index is 13.7. The second-order valence-corrected chi connectivity index (χ2v) is 7.00. The van der Waals surface area contributed by atoms with E-state index in [1.165, 1.54) is 36.0 Å². The number of carbonyl (C=O) groups excluding carboxylic acids is 1. The molecule has 0 spiro atoms. The summed E-state index contributed by atoms with van der Waals surface area (Å²) in [4.78, 5) is 22.5. The van der Waals surface area contributed by atoms with Crippen molar-refractivity contribution in [3.05, 3.63) is 75.9 Å². The first kappa shape index (κ1) is 20.5. The summed E-state index contributed by atoms with van der Waals surface area (Å²) in [6, 6.07) is 12.3. The molecule has 0 aliphatic heterocycles. The second kappa shape index (κ2) is 9.28. The van der Waals surface area contributed by atoms with Gasteiger partial charge in [0, 0.05) is 24.4 Å². The highest BCUT2D eigenvalue weighted by Crippen LogP contribution is 2.23. The van der Waals surface area contributed by atoms with Gasteiger partial charge >= 0.3 is 0 Å². The Balaban J connectivity index is 1.64. The van der Waals surface area contributed by atoms with Crippen LogP contribution in [0.1, 0.15) is 18.3 Å². The SMILES string of the molecule is CCn1c(CC(=O)Nc2ccccc2F)nnc1SCc1ccc([N+](=O)[O-])cc1. The second-order valence-electron chi connectivity index (χ2n) is 6.06. The van der Waals surface area contributed by atoms with Crippen molar-refractivity contribution in [3.8, 4) is 0 Å². The predicted octanol–water partition coefficient (Wildman–Crippen LogP) is 3.82. The zero-order valence-electron chi connectivity index (χ0n) is 15.5. The maximum absolute atomic E-state index is 13.7. The number of amides is 1. The van der Waals surface area contributed by atoms with Gasteiger partial charge in [0.05, 0.1) is 17.0 Å². The third kappa shape index (κ3) is 5.17. The van der Waals surface area contributed by atoms with E-state index in [4.69, 9.17) is 0 Å². The van der Waals surface area contributed by atoms with Crippen LogP contribution in [0.2, 0.25) is 0 Å². The summed E-state index contributed by atoms with van der Waals surface area (Å²) in [7, 11) is 0. The van der Waals surface area contributed by atoms with E-state index in [0.29, 0.717) is 23.3 Å². The average molecular weight is 415 g/mol. The fraction of sp³-hybridized carbons (Fsp3) is 0.211. The molecule has 150 valence electrons. The van der Waals surface area contributed by atoms with Crippen molar-refractivity contribution in [2.75, 3.05) is 5.32 Å². The Bertz CT molecular complexity index is 1020. The van der Waals surface area contributed by atoms with Crippen molar-refractivity contribution < 1.29 is 14.1 Å². The lowest BCUT2D eigenvalue weighted by molar-refractivity contribution is -0.384. The standard InChI is InChI=1S/C19H18FN5O3S/c1-2-24-17(11-18(26)21-16-6-4-3-5-15(16)20)22-23-19(24)29-12-13-7-9-14(10-8-13)25(27)28/h3-10H,2,11-12H2,1H3,(H,21,26). The van der Waals surface area contributed by atoms with Gasteiger partial charge in [0.2, 0.25) is 5.91 Å². The Hall–Kier alpha value is -3.27. The number of rotatable bonds is 8. The first-order chi connectivity index (χ1) is 14.0. The largest absolute Gasteiger partial charge is 0.323 e. The quantitative estimate of drug-likeness (QED) is 0.341. The van der Waals surface area contributed by atoms with Crippen LogP contribution in [-0.4, -0.2) is 25.6 Å². The third-order valence-electron chi connectivity index (χ3n) is 4.09. The van der Waals surface area contributed by atoms with E-state index in [1.807, 2.05) is 11.5 Å². The lowest BCUT2D eigenvalue weighted by atomic mass is 10.2. The van der Waals surface area contributed by atoms with Gasteiger partial charge in [-0.2, -0.15) is 0 Å². The number of benzene rings is 2. The number of para-hydroxylation sites is 1. The fourth-order valence-electron chi connectivity index (χ4n) is 2.64. The molecular formula is C19H18FN5O3S. The number of hydrogen-bond donors (Lipinski definition) is 1. The average Bonchev–Trinajstić information content (AvgIpc) is 3.09. The van der Waals surface area contributed by atoms with Crippen molar-refractivity contribution in [2.24, 2.45) is 0 Å². The molecule has 1 heterocycles. The molecule has 1 amide bonds. The Morgan fingerprint density at radius 2 is 1.93 bits per heavy atom. The van der Waals surface area contributed by atoms with Crippen LogP contribution in [0.15, 0.2) is 53.7 Å². The molecular weight excluding hydrogens is 397 g/mol. The van der Waals surface area contributed by atoms with Crippen LogP contribution < -0.4 is 5.32 Å². The summed E-state index contributed by atoms with van der Waals surface area (Å²) in [6.45, 7) is 2.48. The summed E-state index contributed by atoms with van der Waals surface area (Å²) in [5.41, 5.74) is 1.07. The third-order valence-corrected chi connectivity index (χ3v) is 5.13. The van der Waals surface area contributed by atoms with Gasteiger partial charge in [-0.1, -0.05) is 36.0 Å². The molecule has 0 fully saturated rings. The normalized spacial score (nSPS) is 10.7. The van der Waals surface area contributed by atoms with E-state index < -0.39 is 10.7 Å². The number of carbonyl (C=O) groups is 1. The molecule has 3 aromatic rings. The number of nitrogens with zero attached hydrogens (tertiary/aromatic N) is 4. The van der Waals surface area contributed by atoms with E-state index >= 15 is 0 Å². The van der Waals surface area contributed by atoms with E-state index in [1.54, 1.807) is 24.3 Å². The Morgan fingerprint density at radius 3 is 2.59 bits per heavy atom. The smallest absolute Gasteiger partial charge is 0.269 e. The number of hydrogen-bond acceptors (Lipinski definition) is 6. The number of halogens is 1. The lowest BCUT2D eigenvalue weighted by Gasteiger charge is -2.08. The summed E-state index contributed by atoms with van der Waals surface area (Å²) < 4.78 is 15.5. The molecule has 29 heavy (non-hydrogen) atoms. The van der Waals surface area contributed by atoms with Crippen LogP contribution in [-0.2, 0) is 23.5 Å². The van der Waals surface area contributed by atoms with Crippen molar-refractivity contribution in [3.63, 3.8) is 0 Å². The van der Waals surface area contributed by atoms with Gasteiger partial charge in [0.1, 0.15) is 11.6 Å². The Morgan fingerprint density at radius 1 is 1.21 bits per heavy atom. The van der Waals surface area contributed by atoms with Gasteiger partial charge in [-0.15, -0.1) is 10.2 Å². The van der Waals surface area contributed by atoms with Crippen molar-refractivity contribution in [2.45, 2.75) is 30.8 Å². The van der Waals surface area contributed by atoms with Gasteiger partial charge in [0.15, 0.2) is 5.16 Å². The molecule has 0 unspecified atom stereocenters. The zero-order valence-corrected chi connectivity index (χ0v) is 16.4. The van der Waals surface area contributed by atoms with Crippen LogP contribution in [0.4, 0.5) is 15.8 Å². The topological polar surface area (TPSA) is 103 Å². The summed E-state index contributed by atoms with van der Waals surface area (Å²) in [6.07, 6.45) is -0.0345. The lowest BCUT2D eigenvalue weighted by Crippen LogP contribution is -2.18. The fourth-order valence-corrected chi connectivity index (χ4v) is 3.61. The first-order valence-corrected chi connectivity index (χ1v) is 9.79. The number of nitro groups is 1. The summed E-state index contributed by atoms with van der Waals surface area (Å²) in [5, 5.41) is 22.1. The van der Waals surface area contributed by atoms with Gasteiger partial charge in [-0.25, -0.2) is 4.39 Å². The Labute approximate surface area is 170 Å². The summed E-state index contributed by atoms with van der Waals surface area (Å²) >= 11 is 1.42. The van der Waals surface area contributed by atoms with E-state index in [-0.39, 0.29) is 23.7 Å². The first-order valence-electron chi connectivity index (χ1n) is 8.80. The number of thioether (sulfide) groups is 1. The number of anilines is 1. The van der Waals surface area contributed by atoms with E-state index in [9.17, 15) is 19.3 Å². The molecule has 10 heteroatoms. The van der Waals surface area contributed by atoms with Crippen molar-refractivity contribution in [1.82, 2.24) is 14.8 Å². The molecule has 2 aromatic carbocycles. The number of non-ortho nitro benzene ring substituents is 1. The van der Waals surface area contributed by atoms with Crippen LogP contribution >= 0.6 is 11.8 Å². The number of aromatic nitrogens is 3. The minimum atomic E-state index is -0.503. The zero-order chi connectivity index (χ0) is 20.8. The molecule has 0 aliphatic rings. The van der Waals surface area contributed by atoms with Crippen LogP contribution in [0.5, 0.6) is 0 Å². The highest BCUT2D eigenvalue weighted by Gasteiger charge is 2.16. The molecule has 0 atom stereocenters. The number of nitrogens with one attached hydrogen (secondary N) is 1. The van der Waals surface area contributed by atoms with Crippen LogP contribution in [0, 0.1) is 15.9 Å². The minimum absolute atomic E-state index is 0.0345. The molecule has 3 rings (SSSR count). The molecule has 1 aromatic heterocycles. The Kier molecular flexibility index (Phi) is 6.55. The van der Waals surface area contributed by atoms with Gasteiger partial charge in [0.25, 0.3) is 5.69 Å². The molecule has 1 N–H and O–H groups in total. The van der Waals surface area contributed by atoms with Crippen molar-refractivity contribution >= 4 is 29.0 Å². The number of nitro benzene ring substituents is 1. The van der Waals surface area contributed by atoms with E-state index in [2.05, 4.69) is 15.5 Å². The highest BCUT2D eigenvalue weighted by molar-refractivity contribution is 7.98. The van der Waals surface area contributed by atoms with Gasteiger partial charge < -0.3 is 9.88 Å². The summed E-state index contributed by atoms with van der Waals surface area (Å²) in [5.74, 6) is 0.145. The maximum Gasteiger partial charge on any atom is 0.269 e. The van der Waals surface area contributed by atoms with Crippen LogP contribution in [0.25, 0.3) is 0 Å². The van der Waals surface area contributed by atoms with Crippen molar-refractivity contribution in [1.29, 1.82) is 0 Å². The van der Waals surface area contributed by atoms with E-state index in [0.717, 1.165) is 5.56 Å². The molecule has 8 nitrogen and oxygen atoms in total. The minimum Gasteiger partial charge on any atom is -0.323 e. The predicted molar refractivity (Wildman–Crippen MR) is 107 cm³/mol. The van der Waals surface area contributed by atoms with Gasteiger partial charge in [-0.3, -0.25) is 14.9 Å². The molecule has 0 aliphatic carbocycles. The molecule has 0 saturated heterocycles. The molecule has 0 radical (unpaired) electrons. The monoisotopic (exact) mass is 415 g/mol. The molecule has 0 bridgehead atoms. The molecule has 0 saturated carbocycles.